The van der Waals surface area contributed by atoms with Crippen molar-refractivity contribution < 1.29 is 14.7 Å². The van der Waals surface area contributed by atoms with Crippen LogP contribution in [-0.2, 0) is 4.79 Å². The Morgan fingerprint density at radius 1 is 1.38 bits per heavy atom. The van der Waals surface area contributed by atoms with Gasteiger partial charge in [-0.3, -0.25) is 4.79 Å². The minimum atomic E-state index is -0.800. The predicted molar refractivity (Wildman–Crippen MR) is 61.6 cm³/mol. The van der Waals surface area contributed by atoms with Gasteiger partial charge in [0.25, 0.3) is 0 Å². The predicted octanol–water partition coefficient (Wildman–Crippen LogP) is 0.560. The number of carbonyl (C=O) groups is 2. The molecule has 5 nitrogen and oxygen atoms in total. The van der Waals surface area contributed by atoms with Crippen LogP contribution in [0.5, 0.6) is 0 Å². The number of carbonyl (C=O) groups excluding carboxylic acids is 1. The molecule has 1 unspecified atom stereocenters. The first-order valence-electron chi connectivity index (χ1n) is 5.45. The van der Waals surface area contributed by atoms with Gasteiger partial charge in [0, 0.05) is 37.2 Å². The van der Waals surface area contributed by atoms with Crippen LogP contribution in [0.15, 0.2) is 0 Å². The number of carboxylic acid groups (broad SMARTS) is 1. The molecular formula is C10H16N2O3S. The lowest BCUT2D eigenvalue weighted by molar-refractivity contribution is -0.146. The number of amides is 2. The lowest BCUT2D eigenvalue weighted by Crippen LogP contribution is -2.59. The average Bonchev–Trinajstić information content (AvgIpc) is 2.15. The summed E-state index contributed by atoms with van der Waals surface area (Å²) in [4.78, 5) is 26.1. The molecule has 0 bridgehead atoms. The Morgan fingerprint density at radius 2 is 2.06 bits per heavy atom. The molecule has 0 aliphatic carbocycles. The molecule has 16 heavy (non-hydrogen) atoms. The molecule has 2 fully saturated rings. The highest BCUT2D eigenvalue weighted by Crippen LogP contribution is 2.22. The van der Waals surface area contributed by atoms with Crippen molar-refractivity contribution in [2.24, 2.45) is 5.92 Å². The molecule has 2 aliphatic rings. The van der Waals surface area contributed by atoms with Crippen molar-refractivity contribution in [2.45, 2.75) is 13.0 Å². The highest BCUT2D eigenvalue weighted by atomic mass is 32.2. The number of thioether (sulfide) groups is 1. The van der Waals surface area contributed by atoms with E-state index in [-0.39, 0.29) is 18.0 Å². The fourth-order valence-corrected chi connectivity index (χ4v) is 3.00. The molecule has 90 valence electrons. The Labute approximate surface area is 98.8 Å². The van der Waals surface area contributed by atoms with Crippen molar-refractivity contribution in [3.05, 3.63) is 0 Å². The Bertz CT molecular complexity index is 304. The van der Waals surface area contributed by atoms with E-state index in [0.29, 0.717) is 13.1 Å². The van der Waals surface area contributed by atoms with Crippen LogP contribution in [0.25, 0.3) is 0 Å². The summed E-state index contributed by atoms with van der Waals surface area (Å²) >= 11 is 1.86. The number of likely N-dealkylation sites (tertiary alicyclic amines) is 1. The average molecular weight is 244 g/mol. The Morgan fingerprint density at radius 3 is 2.62 bits per heavy atom. The number of carboxylic acids is 1. The number of urea groups is 1. The summed E-state index contributed by atoms with van der Waals surface area (Å²) in [6.07, 6.45) is 0. The third kappa shape index (κ3) is 2.11. The molecular weight excluding hydrogens is 228 g/mol. The largest absolute Gasteiger partial charge is 0.481 e. The van der Waals surface area contributed by atoms with E-state index in [9.17, 15) is 9.59 Å². The molecule has 2 heterocycles. The van der Waals surface area contributed by atoms with Crippen LogP contribution in [-0.4, -0.2) is 64.1 Å². The lowest BCUT2D eigenvalue weighted by atomic mass is 10.0. The van der Waals surface area contributed by atoms with Crippen molar-refractivity contribution in [1.29, 1.82) is 0 Å². The van der Waals surface area contributed by atoms with Gasteiger partial charge in [-0.1, -0.05) is 0 Å². The van der Waals surface area contributed by atoms with Crippen molar-refractivity contribution in [3.63, 3.8) is 0 Å². The summed E-state index contributed by atoms with van der Waals surface area (Å²) in [6.45, 7) is 3.55. The second-order valence-corrected chi connectivity index (χ2v) is 5.49. The van der Waals surface area contributed by atoms with Crippen LogP contribution in [0.1, 0.15) is 6.92 Å². The topological polar surface area (TPSA) is 60.9 Å². The third-order valence-corrected chi connectivity index (χ3v) is 4.30. The van der Waals surface area contributed by atoms with Crippen molar-refractivity contribution in [1.82, 2.24) is 9.80 Å². The maximum Gasteiger partial charge on any atom is 0.320 e. The van der Waals surface area contributed by atoms with Crippen molar-refractivity contribution >= 4 is 23.8 Å². The number of rotatable bonds is 1. The number of hydrogen-bond donors (Lipinski definition) is 1. The smallest absolute Gasteiger partial charge is 0.320 e. The van der Waals surface area contributed by atoms with Gasteiger partial charge in [-0.05, 0) is 6.92 Å². The Kier molecular flexibility index (Phi) is 3.28. The molecule has 2 saturated heterocycles. The molecule has 1 atom stereocenters. The van der Waals surface area contributed by atoms with Crippen LogP contribution in [0, 0.1) is 5.92 Å². The Hall–Kier alpha value is -0.910. The second-order valence-electron chi connectivity index (χ2n) is 4.34. The highest BCUT2D eigenvalue weighted by Gasteiger charge is 2.38. The summed E-state index contributed by atoms with van der Waals surface area (Å²) in [5.41, 5.74) is 0. The molecule has 6 heteroatoms. The molecule has 2 aliphatic heterocycles. The first-order chi connectivity index (χ1) is 7.59. The van der Waals surface area contributed by atoms with Gasteiger partial charge < -0.3 is 14.9 Å². The standard InChI is InChI=1S/C10H16N2O3S/c1-7-6-16-3-2-12(7)10(15)11-4-8(5-11)9(13)14/h7-8H,2-6H2,1H3,(H,13,14). The van der Waals surface area contributed by atoms with Gasteiger partial charge >= 0.3 is 12.0 Å². The zero-order valence-electron chi connectivity index (χ0n) is 9.26. The number of hydrogen-bond acceptors (Lipinski definition) is 3. The maximum absolute atomic E-state index is 12.0. The monoisotopic (exact) mass is 244 g/mol. The minimum absolute atomic E-state index is 0.00491. The molecule has 0 spiro atoms. The summed E-state index contributed by atoms with van der Waals surface area (Å²) in [7, 11) is 0. The summed E-state index contributed by atoms with van der Waals surface area (Å²) in [5.74, 6) is 0.790. The van der Waals surface area contributed by atoms with Gasteiger partial charge in [0.2, 0.25) is 0 Å². The number of nitrogens with zero attached hydrogens (tertiary/aromatic N) is 2. The van der Waals surface area contributed by atoms with Gasteiger partial charge in [0.15, 0.2) is 0 Å². The maximum atomic E-state index is 12.0. The highest BCUT2D eigenvalue weighted by molar-refractivity contribution is 7.99. The summed E-state index contributed by atoms with van der Waals surface area (Å²) in [5, 5.41) is 8.74. The van der Waals surface area contributed by atoms with E-state index in [2.05, 4.69) is 0 Å². The minimum Gasteiger partial charge on any atom is -0.481 e. The molecule has 0 radical (unpaired) electrons. The summed E-state index contributed by atoms with van der Waals surface area (Å²) < 4.78 is 0. The first-order valence-corrected chi connectivity index (χ1v) is 6.61. The Balaban J connectivity index is 1.86. The van der Waals surface area contributed by atoms with Crippen molar-refractivity contribution in [3.8, 4) is 0 Å². The van der Waals surface area contributed by atoms with E-state index in [1.54, 1.807) is 4.90 Å². The normalized spacial score (nSPS) is 26.4. The van der Waals surface area contributed by atoms with E-state index < -0.39 is 5.97 Å². The molecule has 0 aromatic carbocycles. The van der Waals surface area contributed by atoms with Gasteiger partial charge in [-0.2, -0.15) is 11.8 Å². The zero-order valence-corrected chi connectivity index (χ0v) is 10.1. The fraction of sp³-hybridized carbons (Fsp3) is 0.800. The molecule has 1 N–H and O–H groups in total. The van der Waals surface area contributed by atoms with Crippen LogP contribution in [0.2, 0.25) is 0 Å². The molecule has 2 rings (SSSR count). The van der Waals surface area contributed by atoms with E-state index in [1.807, 2.05) is 23.6 Å². The second kappa shape index (κ2) is 4.53. The van der Waals surface area contributed by atoms with Gasteiger partial charge in [0.1, 0.15) is 0 Å². The van der Waals surface area contributed by atoms with Gasteiger partial charge in [-0.15, -0.1) is 0 Å². The molecule has 0 saturated carbocycles. The van der Waals surface area contributed by atoms with E-state index in [1.165, 1.54) is 0 Å². The SMILES string of the molecule is CC1CSCCN1C(=O)N1CC(C(=O)O)C1. The summed E-state index contributed by atoms with van der Waals surface area (Å²) in [6, 6.07) is 0.264. The molecule has 2 amide bonds. The van der Waals surface area contributed by atoms with E-state index in [4.69, 9.17) is 5.11 Å². The van der Waals surface area contributed by atoms with E-state index in [0.717, 1.165) is 18.1 Å². The van der Waals surface area contributed by atoms with Crippen molar-refractivity contribution in [2.75, 3.05) is 31.1 Å². The van der Waals surface area contributed by atoms with Gasteiger partial charge in [0.05, 0.1) is 5.92 Å². The fourth-order valence-electron chi connectivity index (χ4n) is 1.98. The first kappa shape index (κ1) is 11.6. The van der Waals surface area contributed by atoms with Gasteiger partial charge in [-0.25, -0.2) is 4.79 Å². The number of aliphatic carboxylic acids is 1. The van der Waals surface area contributed by atoms with Crippen LogP contribution < -0.4 is 0 Å². The van der Waals surface area contributed by atoms with Crippen LogP contribution in [0.3, 0.4) is 0 Å². The van der Waals surface area contributed by atoms with E-state index >= 15 is 0 Å². The lowest BCUT2D eigenvalue weighted by Gasteiger charge is -2.43. The van der Waals surface area contributed by atoms with Crippen LogP contribution >= 0.6 is 11.8 Å². The zero-order chi connectivity index (χ0) is 11.7. The quantitative estimate of drug-likeness (QED) is 0.732. The molecule has 0 aromatic rings. The molecule has 0 aromatic heterocycles. The third-order valence-electron chi connectivity index (χ3n) is 3.11. The van der Waals surface area contributed by atoms with Crippen LogP contribution in [0.4, 0.5) is 4.79 Å².